The van der Waals surface area contributed by atoms with Gasteiger partial charge in [0.15, 0.2) is 0 Å². The lowest BCUT2D eigenvalue weighted by atomic mass is 9.96. The number of hydrogen-bond donors (Lipinski definition) is 2. The van der Waals surface area contributed by atoms with Crippen LogP contribution in [0.25, 0.3) is 0 Å². The minimum Gasteiger partial charge on any atom is -0.481 e. The number of hydrogen-bond acceptors (Lipinski definition) is 4. The summed E-state index contributed by atoms with van der Waals surface area (Å²) in [6.45, 7) is 0. The van der Waals surface area contributed by atoms with Crippen molar-refractivity contribution in [3.63, 3.8) is 0 Å². The second-order valence-electron chi connectivity index (χ2n) is 4.64. The Morgan fingerprint density at radius 3 is 2.44 bits per heavy atom. The Labute approximate surface area is 113 Å². The highest BCUT2D eigenvalue weighted by Crippen LogP contribution is 2.27. The zero-order valence-corrected chi connectivity index (χ0v) is 12.2. The molecule has 2 N–H and O–H groups in total. The lowest BCUT2D eigenvalue weighted by Crippen LogP contribution is -2.39. The minimum absolute atomic E-state index is 0.0308. The zero-order chi connectivity index (χ0) is 13.6. The molecule has 0 spiro atoms. The summed E-state index contributed by atoms with van der Waals surface area (Å²) >= 11 is 1.84. The quantitative estimate of drug-likeness (QED) is 0.742. The Hall–Kier alpha value is -0.270. The first-order valence-corrected chi connectivity index (χ1v) is 9.11. The second kappa shape index (κ2) is 7.35. The molecule has 0 bridgehead atoms. The summed E-state index contributed by atoms with van der Waals surface area (Å²) < 4.78 is 26.1. The van der Waals surface area contributed by atoms with Gasteiger partial charge in [-0.15, -0.1) is 0 Å². The van der Waals surface area contributed by atoms with Crippen LogP contribution in [0.3, 0.4) is 0 Å². The molecule has 0 amide bonds. The molecule has 18 heavy (non-hydrogen) atoms. The highest BCUT2D eigenvalue weighted by molar-refractivity contribution is 7.99. The Morgan fingerprint density at radius 2 is 1.94 bits per heavy atom. The fraction of sp³-hybridized carbons (Fsp3) is 0.909. The fourth-order valence-corrected chi connectivity index (χ4v) is 4.27. The average molecular weight is 295 g/mol. The number of nitrogens with one attached hydrogen (secondary N) is 1. The lowest BCUT2D eigenvalue weighted by Gasteiger charge is -2.27. The first-order valence-electron chi connectivity index (χ1n) is 6.17. The largest absolute Gasteiger partial charge is 0.481 e. The Bertz CT molecular complexity index is 361. The number of aliphatic carboxylic acids is 1. The van der Waals surface area contributed by atoms with E-state index < -0.39 is 16.0 Å². The fourth-order valence-electron chi connectivity index (χ4n) is 2.14. The zero-order valence-electron chi connectivity index (χ0n) is 10.6. The molecule has 1 saturated carbocycles. The molecule has 0 aromatic carbocycles. The van der Waals surface area contributed by atoms with Crippen LogP contribution in [0.1, 0.15) is 38.5 Å². The van der Waals surface area contributed by atoms with E-state index in [0.29, 0.717) is 5.25 Å². The summed E-state index contributed by atoms with van der Waals surface area (Å²) in [5.74, 6) is -1.05. The SMILES string of the molecule is CSC1CCC(NS(=O)(=O)CCCC(=O)O)CC1. The molecule has 1 aliphatic carbocycles. The highest BCUT2D eigenvalue weighted by Gasteiger charge is 2.24. The smallest absolute Gasteiger partial charge is 0.303 e. The van der Waals surface area contributed by atoms with Crippen molar-refractivity contribution in [2.75, 3.05) is 12.0 Å². The first-order chi connectivity index (χ1) is 8.43. The van der Waals surface area contributed by atoms with Crippen molar-refractivity contribution in [3.8, 4) is 0 Å². The number of sulfonamides is 1. The molecule has 7 heteroatoms. The van der Waals surface area contributed by atoms with Gasteiger partial charge in [-0.3, -0.25) is 4.79 Å². The van der Waals surface area contributed by atoms with Gasteiger partial charge in [-0.25, -0.2) is 13.1 Å². The third-order valence-electron chi connectivity index (χ3n) is 3.16. The predicted octanol–water partition coefficient (Wildman–Crippen LogP) is 1.44. The van der Waals surface area contributed by atoms with Gasteiger partial charge < -0.3 is 5.11 Å². The van der Waals surface area contributed by atoms with Crippen LogP contribution in [0.4, 0.5) is 0 Å². The standard InChI is InChI=1S/C11H21NO4S2/c1-17-10-6-4-9(5-7-10)12-18(15,16)8-2-3-11(13)14/h9-10,12H,2-8H2,1H3,(H,13,14). The van der Waals surface area contributed by atoms with Gasteiger partial charge in [-0.1, -0.05) is 0 Å². The Morgan fingerprint density at radius 1 is 1.33 bits per heavy atom. The molecular formula is C11H21NO4S2. The van der Waals surface area contributed by atoms with Crippen LogP contribution in [0, 0.1) is 0 Å². The monoisotopic (exact) mass is 295 g/mol. The van der Waals surface area contributed by atoms with Crippen molar-refractivity contribution in [2.45, 2.75) is 49.8 Å². The van der Waals surface area contributed by atoms with Crippen LogP contribution in [0.15, 0.2) is 0 Å². The maximum atomic E-state index is 11.7. The van der Waals surface area contributed by atoms with Crippen molar-refractivity contribution in [1.82, 2.24) is 4.72 Å². The van der Waals surface area contributed by atoms with Crippen molar-refractivity contribution in [3.05, 3.63) is 0 Å². The molecule has 0 aromatic heterocycles. The molecular weight excluding hydrogens is 274 g/mol. The van der Waals surface area contributed by atoms with Crippen LogP contribution in [0.5, 0.6) is 0 Å². The van der Waals surface area contributed by atoms with Gasteiger partial charge in [0.2, 0.25) is 10.0 Å². The van der Waals surface area contributed by atoms with Gasteiger partial charge in [0.25, 0.3) is 0 Å². The molecule has 0 radical (unpaired) electrons. The molecule has 1 aliphatic rings. The van der Waals surface area contributed by atoms with E-state index in [2.05, 4.69) is 11.0 Å². The number of rotatable bonds is 7. The number of carboxylic acids is 1. The van der Waals surface area contributed by atoms with Gasteiger partial charge >= 0.3 is 5.97 Å². The minimum atomic E-state index is -3.32. The Kier molecular flexibility index (Phi) is 6.45. The maximum Gasteiger partial charge on any atom is 0.303 e. The van der Waals surface area contributed by atoms with E-state index >= 15 is 0 Å². The third-order valence-corrected chi connectivity index (χ3v) is 5.81. The number of carbonyl (C=O) groups is 1. The molecule has 0 atom stereocenters. The molecule has 106 valence electrons. The van der Waals surface area contributed by atoms with Crippen LogP contribution < -0.4 is 4.72 Å². The lowest BCUT2D eigenvalue weighted by molar-refractivity contribution is -0.137. The van der Waals surface area contributed by atoms with Crippen LogP contribution >= 0.6 is 11.8 Å². The summed E-state index contributed by atoms with van der Waals surface area (Å²) in [5, 5.41) is 9.12. The molecule has 0 heterocycles. The summed E-state index contributed by atoms with van der Waals surface area (Å²) in [5.41, 5.74) is 0. The highest BCUT2D eigenvalue weighted by atomic mass is 32.2. The summed E-state index contributed by atoms with van der Waals surface area (Å²) in [7, 11) is -3.32. The second-order valence-corrected chi connectivity index (χ2v) is 7.65. The van der Waals surface area contributed by atoms with Gasteiger partial charge in [0.05, 0.1) is 5.75 Å². The van der Waals surface area contributed by atoms with Gasteiger partial charge in [-0.05, 0) is 38.4 Å². The average Bonchev–Trinajstić information content (AvgIpc) is 2.28. The molecule has 1 fully saturated rings. The maximum absolute atomic E-state index is 11.7. The number of carboxylic acid groups (broad SMARTS) is 1. The van der Waals surface area contributed by atoms with E-state index in [4.69, 9.17) is 5.11 Å². The van der Waals surface area contributed by atoms with E-state index in [1.807, 2.05) is 11.8 Å². The van der Waals surface area contributed by atoms with Crippen molar-refractivity contribution in [1.29, 1.82) is 0 Å². The van der Waals surface area contributed by atoms with E-state index in [1.54, 1.807) is 0 Å². The van der Waals surface area contributed by atoms with Gasteiger partial charge in [-0.2, -0.15) is 11.8 Å². The van der Waals surface area contributed by atoms with E-state index in [-0.39, 0.29) is 24.6 Å². The summed E-state index contributed by atoms with van der Waals surface area (Å²) in [6.07, 6.45) is 6.01. The van der Waals surface area contributed by atoms with Crippen LogP contribution in [-0.4, -0.2) is 42.8 Å². The van der Waals surface area contributed by atoms with E-state index in [1.165, 1.54) is 0 Å². The van der Waals surface area contributed by atoms with Crippen molar-refractivity contribution < 1.29 is 18.3 Å². The van der Waals surface area contributed by atoms with E-state index in [0.717, 1.165) is 25.7 Å². The van der Waals surface area contributed by atoms with Crippen molar-refractivity contribution in [2.24, 2.45) is 0 Å². The number of thioether (sulfide) groups is 1. The van der Waals surface area contributed by atoms with Crippen LogP contribution in [-0.2, 0) is 14.8 Å². The topological polar surface area (TPSA) is 83.5 Å². The molecule has 1 rings (SSSR count). The summed E-state index contributed by atoms with van der Waals surface area (Å²) in [4.78, 5) is 10.3. The predicted molar refractivity (Wildman–Crippen MR) is 73.4 cm³/mol. The normalized spacial score (nSPS) is 24.9. The molecule has 0 saturated heterocycles. The molecule has 0 aliphatic heterocycles. The van der Waals surface area contributed by atoms with Gasteiger partial charge in [0.1, 0.15) is 0 Å². The molecule has 0 aromatic rings. The molecule has 5 nitrogen and oxygen atoms in total. The van der Waals surface area contributed by atoms with Crippen LogP contribution in [0.2, 0.25) is 0 Å². The molecule has 0 unspecified atom stereocenters. The summed E-state index contributed by atoms with van der Waals surface area (Å²) in [6, 6.07) is 0.0308. The van der Waals surface area contributed by atoms with E-state index in [9.17, 15) is 13.2 Å². The van der Waals surface area contributed by atoms with Crippen molar-refractivity contribution >= 4 is 27.8 Å². The Balaban J connectivity index is 2.30. The third kappa shape index (κ3) is 6.06. The van der Waals surface area contributed by atoms with Gasteiger partial charge in [0, 0.05) is 17.7 Å². The first kappa shape index (κ1) is 15.8.